The van der Waals surface area contributed by atoms with E-state index in [4.69, 9.17) is 0 Å². The van der Waals surface area contributed by atoms with E-state index in [1.807, 2.05) is 0 Å². The van der Waals surface area contributed by atoms with Gasteiger partial charge in [-0.3, -0.25) is 25.7 Å². The van der Waals surface area contributed by atoms with E-state index in [9.17, 15) is 42.2 Å². The molecule has 0 bridgehead atoms. The van der Waals surface area contributed by atoms with Crippen LogP contribution in [0.15, 0.2) is 23.3 Å². The lowest BCUT2D eigenvalue weighted by Gasteiger charge is -2.17. The van der Waals surface area contributed by atoms with Crippen molar-refractivity contribution in [1.82, 2.24) is 0 Å². The Morgan fingerprint density at radius 1 is 1.17 bits per heavy atom. The number of non-ortho nitro benzene ring substituents is 1. The Morgan fingerprint density at radius 2 is 1.75 bits per heavy atom. The van der Waals surface area contributed by atoms with Crippen molar-refractivity contribution in [2.75, 3.05) is 5.43 Å². The van der Waals surface area contributed by atoms with Gasteiger partial charge in [0.1, 0.15) is 11.4 Å². The van der Waals surface area contributed by atoms with Gasteiger partial charge < -0.3 is 0 Å². The maximum absolute atomic E-state index is 13.1. The van der Waals surface area contributed by atoms with Crippen LogP contribution in [0.4, 0.5) is 39.0 Å². The maximum Gasteiger partial charge on any atom is 0.527 e. The summed E-state index contributed by atoms with van der Waals surface area (Å²) in [6, 6.07) is 2.12. The van der Waals surface area contributed by atoms with Crippen LogP contribution in [0, 0.1) is 20.2 Å². The summed E-state index contributed by atoms with van der Waals surface area (Å²) in [4.78, 5) is 19.3. The fraction of sp³-hybridized carbons (Fsp3) is 0.300. The lowest BCUT2D eigenvalue weighted by Crippen LogP contribution is -2.36. The van der Waals surface area contributed by atoms with Crippen molar-refractivity contribution in [1.29, 1.82) is 0 Å². The summed E-state index contributed by atoms with van der Waals surface area (Å²) in [6.07, 6.45) is -10.5. The molecule has 0 atom stereocenters. The summed E-state index contributed by atoms with van der Waals surface area (Å²) < 4.78 is 64.3. The number of nitro benzene ring substituents is 2. The zero-order valence-electron chi connectivity index (χ0n) is 11.5. The van der Waals surface area contributed by atoms with Gasteiger partial charge in [0, 0.05) is 6.07 Å². The first-order chi connectivity index (χ1) is 10.8. The van der Waals surface area contributed by atoms with Crippen molar-refractivity contribution in [3.05, 3.63) is 38.4 Å². The van der Waals surface area contributed by atoms with E-state index in [2.05, 4.69) is 9.84 Å². The molecule has 24 heavy (non-hydrogen) atoms. The topological polar surface area (TPSA) is 120 Å². The van der Waals surface area contributed by atoms with E-state index >= 15 is 0 Å². The van der Waals surface area contributed by atoms with Gasteiger partial charge in [0.2, 0.25) is 0 Å². The van der Waals surface area contributed by atoms with Crippen LogP contribution in [0.1, 0.15) is 6.92 Å². The first kappa shape index (κ1) is 19.1. The normalized spacial score (nSPS) is 12.8. The SMILES string of the molecule is C/C(=N\Nc1ccc([N+](=O)[O-])cc1[N+](=O)[O-])C(F)(F)OC(F)(F)F. The third-order valence-corrected chi connectivity index (χ3v) is 2.40. The molecule has 0 spiro atoms. The molecule has 1 aromatic rings. The van der Waals surface area contributed by atoms with Crippen molar-refractivity contribution >= 4 is 22.8 Å². The first-order valence-electron chi connectivity index (χ1n) is 5.72. The van der Waals surface area contributed by atoms with Crippen molar-refractivity contribution in [3.8, 4) is 0 Å². The largest absolute Gasteiger partial charge is 0.527 e. The highest BCUT2D eigenvalue weighted by Gasteiger charge is 2.47. The molecule has 1 aromatic carbocycles. The summed E-state index contributed by atoms with van der Waals surface area (Å²) in [5.41, 5.74) is -1.82. The zero-order valence-corrected chi connectivity index (χ0v) is 11.5. The van der Waals surface area contributed by atoms with Gasteiger partial charge in [0.05, 0.1) is 15.9 Å². The number of ether oxygens (including phenoxy) is 1. The number of hydrazone groups is 1. The summed E-state index contributed by atoms with van der Waals surface area (Å²) >= 11 is 0. The number of nitrogens with zero attached hydrogens (tertiary/aromatic N) is 3. The third-order valence-electron chi connectivity index (χ3n) is 2.40. The van der Waals surface area contributed by atoms with Gasteiger partial charge in [-0.15, -0.1) is 13.2 Å². The zero-order chi connectivity index (χ0) is 18.7. The molecule has 0 aliphatic carbocycles. The lowest BCUT2D eigenvalue weighted by molar-refractivity contribution is -0.402. The number of hydrogen-bond donors (Lipinski definition) is 1. The first-order valence-corrected chi connectivity index (χ1v) is 5.72. The number of nitro groups is 2. The molecule has 0 radical (unpaired) electrons. The predicted molar refractivity (Wildman–Crippen MR) is 68.6 cm³/mol. The Labute approximate surface area is 129 Å². The van der Waals surface area contributed by atoms with Gasteiger partial charge in [-0.2, -0.15) is 13.9 Å². The van der Waals surface area contributed by atoms with E-state index in [-0.39, 0.29) is 0 Å². The fourth-order valence-corrected chi connectivity index (χ4v) is 1.31. The molecule has 0 aliphatic heterocycles. The molecule has 1 rings (SSSR count). The van der Waals surface area contributed by atoms with Crippen LogP contribution >= 0.6 is 0 Å². The second-order valence-electron chi connectivity index (χ2n) is 4.09. The Kier molecular flexibility index (Phi) is 5.34. The number of halogens is 5. The van der Waals surface area contributed by atoms with Crippen LogP contribution in [0.25, 0.3) is 0 Å². The standard InChI is InChI=1S/C10H7F5N4O5/c1-5(9(11,12)24-10(13,14)15)16-17-7-3-2-6(18(20)21)4-8(7)19(22)23/h2-4,17H,1H3/b16-5+. The molecular weight excluding hydrogens is 351 g/mol. The van der Waals surface area contributed by atoms with Crippen LogP contribution < -0.4 is 5.43 Å². The van der Waals surface area contributed by atoms with Crippen molar-refractivity contribution < 1.29 is 36.5 Å². The molecule has 0 fully saturated rings. The number of nitrogens with one attached hydrogen (secondary N) is 1. The summed E-state index contributed by atoms with van der Waals surface area (Å²) in [5, 5.41) is 24.2. The molecule has 0 aliphatic rings. The van der Waals surface area contributed by atoms with E-state index < -0.39 is 45.1 Å². The minimum Gasteiger partial charge on any atom is -0.271 e. The molecule has 1 N–H and O–H groups in total. The lowest BCUT2D eigenvalue weighted by atomic mass is 10.2. The Bertz CT molecular complexity index is 691. The quantitative estimate of drug-likeness (QED) is 0.360. The fourth-order valence-electron chi connectivity index (χ4n) is 1.31. The van der Waals surface area contributed by atoms with Crippen molar-refractivity contribution in [2.45, 2.75) is 19.4 Å². The summed E-state index contributed by atoms with van der Waals surface area (Å²) in [5.74, 6) is 0. The van der Waals surface area contributed by atoms with Gasteiger partial charge in [-0.1, -0.05) is 0 Å². The number of alkyl halides is 5. The Hall–Kier alpha value is -2.90. The number of benzene rings is 1. The average molecular weight is 358 g/mol. The summed E-state index contributed by atoms with van der Waals surface area (Å²) in [6.45, 7) is 0.482. The predicted octanol–water partition coefficient (Wildman–Crippen LogP) is 3.42. The summed E-state index contributed by atoms with van der Waals surface area (Å²) in [7, 11) is 0. The van der Waals surface area contributed by atoms with Gasteiger partial charge in [-0.05, 0) is 13.0 Å². The minimum atomic E-state index is -5.64. The van der Waals surface area contributed by atoms with Gasteiger partial charge in [-0.25, -0.2) is 4.74 Å². The van der Waals surface area contributed by atoms with E-state index in [1.54, 1.807) is 5.43 Å². The van der Waals surface area contributed by atoms with Crippen molar-refractivity contribution in [2.24, 2.45) is 5.10 Å². The van der Waals surface area contributed by atoms with Crippen LogP contribution in [0.2, 0.25) is 0 Å². The number of anilines is 1. The van der Waals surface area contributed by atoms with Gasteiger partial charge in [0.15, 0.2) is 0 Å². The molecule has 132 valence electrons. The highest BCUT2D eigenvalue weighted by Crippen LogP contribution is 2.31. The smallest absolute Gasteiger partial charge is 0.271 e. The van der Waals surface area contributed by atoms with E-state index in [1.165, 1.54) is 0 Å². The Morgan fingerprint density at radius 3 is 2.21 bits per heavy atom. The molecule has 0 unspecified atom stereocenters. The van der Waals surface area contributed by atoms with Crippen LogP contribution in [-0.2, 0) is 4.74 Å². The van der Waals surface area contributed by atoms with Crippen LogP contribution in [-0.4, -0.2) is 28.0 Å². The molecule has 0 amide bonds. The molecule has 0 saturated heterocycles. The second-order valence-corrected chi connectivity index (χ2v) is 4.09. The highest BCUT2D eigenvalue weighted by atomic mass is 19.4. The maximum atomic E-state index is 13.1. The van der Waals surface area contributed by atoms with E-state index in [0.29, 0.717) is 13.0 Å². The average Bonchev–Trinajstić information content (AvgIpc) is 2.41. The Balaban J connectivity index is 3.08. The second kappa shape index (κ2) is 6.69. The van der Waals surface area contributed by atoms with Crippen molar-refractivity contribution in [3.63, 3.8) is 0 Å². The molecule has 0 aromatic heterocycles. The van der Waals surface area contributed by atoms with Crippen LogP contribution in [0.3, 0.4) is 0 Å². The van der Waals surface area contributed by atoms with Gasteiger partial charge >= 0.3 is 18.2 Å². The monoisotopic (exact) mass is 358 g/mol. The highest BCUT2D eigenvalue weighted by molar-refractivity contribution is 5.88. The third kappa shape index (κ3) is 5.08. The number of hydrogen-bond acceptors (Lipinski definition) is 7. The minimum absolute atomic E-state index is 0.482. The molecule has 0 heterocycles. The van der Waals surface area contributed by atoms with Gasteiger partial charge in [0.25, 0.3) is 5.69 Å². The number of rotatable bonds is 6. The molecular formula is C10H7F5N4O5. The molecule has 0 saturated carbocycles. The molecule has 9 nitrogen and oxygen atoms in total. The van der Waals surface area contributed by atoms with Crippen LogP contribution in [0.5, 0.6) is 0 Å². The molecule has 14 heteroatoms. The van der Waals surface area contributed by atoms with E-state index in [0.717, 1.165) is 12.1 Å².